The Morgan fingerprint density at radius 2 is 1.90 bits per heavy atom. The van der Waals surface area contributed by atoms with Crippen LogP contribution in [0.25, 0.3) is 5.69 Å². The van der Waals surface area contributed by atoms with Gasteiger partial charge in [-0.3, -0.25) is 14.3 Å². The largest absolute Gasteiger partial charge is 0.491 e. The summed E-state index contributed by atoms with van der Waals surface area (Å²) in [7, 11) is 3.25. The fourth-order valence-corrected chi connectivity index (χ4v) is 3.72. The van der Waals surface area contributed by atoms with E-state index in [1.54, 1.807) is 28.5 Å². The summed E-state index contributed by atoms with van der Waals surface area (Å²) in [5.74, 6) is -0.162. The van der Waals surface area contributed by atoms with Crippen LogP contribution in [0.5, 0.6) is 11.5 Å². The number of aromatic nitrogens is 2. The lowest BCUT2D eigenvalue weighted by Crippen LogP contribution is -2.19. The second-order valence-electron chi connectivity index (χ2n) is 6.59. The van der Waals surface area contributed by atoms with Crippen molar-refractivity contribution < 1.29 is 19.4 Å². The van der Waals surface area contributed by atoms with Crippen LogP contribution in [-0.2, 0) is 24.9 Å². The van der Waals surface area contributed by atoms with E-state index in [9.17, 15) is 9.59 Å². The minimum absolute atomic E-state index is 0.0321. The molecule has 30 heavy (non-hydrogen) atoms. The van der Waals surface area contributed by atoms with Crippen LogP contribution in [-0.4, -0.2) is 27.5 Å². The number of aryl methyl sites for hydroxylation is 1. The molecule has 0 atom stereocenters. The summed E-state index contributed by atoms with van der Waals surface area (Å²) in [6, 6.07) is 12.7. The molecule has 0 aliphatic carbocycles. The number of aliphatic carboxylic acids is 1. The van der Waals surface area contributed by atoms with E-state index in [0.717, 1.165) is 5.69 Å². The van der Waals surface area contributed by atoms with Crippen LogP contribution in [0.2, 0.25) is 0 Å². The number of hydrogen-bond acceptors (Lipinski definition) is 5. The zero-order valence-corrected chi connectivity index (χ0v) is 18.2. The predicted octanol–water partition coefficient (Wildman–Crippen LogP) is 3.13. The van der Waals surface area contributed by atoms with Gasteiger partial charge in [-0.05, 0) is 46.1 Å². The van der Waals surface area contributed by atoms with Crippen LogP contribution in [0.3, 0.4) is 0 Å². The normalized spacial score (nSPS) is 10.8. The first-order valence-corrected chi connectivity index (χ1v) is 9.96. The topological polar surface area (TPSA) is 109 Å². The highest BCUT2D eigenvalue weighted by atomic mass is 79.9. The molecular weight excluding hydrogens is 454 g/mol. The molecule has 0 spiro atoms. The monoisotopic (exact) mass is 475 g/mol. The van der Waals surface area contributed by atoms with Crippen LogP contribution < -0.4 is 20.8 Å². The average Bonchev–Trinajstić information content (AvgIpc) is 2.94. The van der Waals surface area contributed by atoms with E-state index in [-0.39, 0.29) is 25.0 Å². The van der Waals surface area contributed by atoms with E-state index >= 15 is 0 Å². The highest BCUT2D eigenvalue weighted by Crippen LogP contribution is 2.37. The summed E-state index contributed by atoms with van der Waals surface area (Å²) in [6.07, 6.45) is 0.257. The summed E-state index contributed by atoms with van der Waals surface area (Å²) < 4.78 is 15.0. The van der Waals surface area contributed by atoms with Gasteiger partial charge in [-0.25, -0.2) is 4.68 Å². The molecule has 0 aliphatic heterocycles. The van der Waals surface area contributed by atoms with Gasteiger partial charge in [0.2, 0.25) is 0 Å². The summed E-state index contributed by atoms with van der Waals surface area (Å²) >= 11 is 3.37. The molecule has 9 heteroatoms. The number of rotatable bonds is 8. The van der Waals surface area contributed by atoms with Crippen LogP contribution in [0.4, 0.5) is 5.69 Å². The quantitative estimate of drug-likeness (QED) is 0.484. The van der Waals surface area contributed by atoms with Gasteiger partial charge in [0, 0.05) is 13.5 Å². The number of benzene rings is 2. The number of hydrogen-bond donors (Lipinski definition) is 2. The number of methoxy groups -OCH3 is 1. The predicted molar refractivity (Wildman–Crippen MR) is 116 cm³/mol. The van der Waals surface area contributed by atoms with Crippen molar-refractivity contribution in [3.05, 3.63) is 68.5 Å². The van der Waals surface area contributed by atoms with Crippen LogP contribution in [0, 0.1) is 0 Å². The van der Waals surface area contributed by atoms with E-state index in [2.05, 4.69) is 15.9 Å². The van der Waals surface area contributed by atoms with Gasteiger partial charge in [-0.1, -0.05) is 24.3 Å². The first-order chi connectivity index (χ1) is 14.3. The Morgan fingerprint density at radius 1 is 1.20 bits per heavy atom. The van der Waals surface area contributed by atoms with Gasteiger partial charge in [0.25, 0.3) is 5.56 Å². The number of para-hydroxylation sites is 1. The Kier molecular flexibility index (Phi) is 6.51. The SMILES string of the molecule is COc1c(OCc2c(Br)c(=O)n(-c3ccccc3)n2C)ccc(CCC(=O)O)c1N. The number of nitrogen functional groups attached to an aromatic ring is 1. The van der Waals surface area contributed by atoms with E-state index < -0.39 is 5.97 Å². The highest BCUT2D eigenvalue weighted by Gasteiger charge is 2.19. The van der Waals surface area contributed by atoms with Crippen LogP contribution in [0.15, 0.2) is 51.7 Å². The first-order valence-electron chi connectivity index (χ1n) is 9.16. The summed E-state index contributed by atoms with van der Waals surface area (Å²) in [5.41, 5.74) is 8.34. The second kappa shape index (κ2) is 9.08. The number of halogens is 1. The summed E-state index contributed by atoms with van der Waals surface area (Å²) in [4.78, 5) is 23.5. The van der Waals surface area contributed by atoms with E-state index in [1.165, 1.54) is 7.11 Å². The molecule has 1 aromatic heterocycles. The highest BCUT2D eigenvalue weighted by molar-refractivity contribution is 9.10. The van der Waals surface area contributed by atoms with Gasteiger partial charge in [-0.15, -0.1) is 0 Å². The molecule has 3 aromatic rings. The number of anilines is 1. The van der Waals surface area contributed by atoms with Gasteiger partial charge in [0.05, 0.1) is 24.2 Å². The maximum Gasteiger partial charge on any atom is 0.303 e. The average molecular weight is 476 g/mol. The first kappa shape index (κ1) is 21.5. The molecule has 2 aromatic carbocycles. The zero-order valence-electron chi connectivity index (χ0n) is 16.6. The Hall–Kier alpha value is -3.20. The molecule has 0 radical (unpaired) electrons. The molecule has 1 heterocycles. The number of ether oxygens (including phenoxy) is 2. The fraction of sp³-hybridized carbons (Fsp3) is 0.238. The maximum atomic E-state index is 12.7. The van der Waals surface area contributed by atoms with Crippen LogP contribution in [0.1, 0.15) is 17.7 Å². The van der Waals surface area contributed by atoms with Gasteiger partial charge >= 0.3 is 5.97 Å². The Bertz CT molecular complexity index is 1120. The lowest BCUT2D eigenvalue weighted by Gasteiger charge is -2.16. The van der Waals surface area contributed by atoms with Crippen molar-refractivity contribution in [2.24, 2.45) is 7.05 Å². The van der Waals surface area contributed by atoms with Crippen LogP contribution >= 0.6 is 15.9 Å². The van der Waals surface area contributed by atoms with Gasteiger partial charge in [-0.2, -0.15) is 0 Å². The third-order valence-corrected chi connectivity index (χ3v) is 5.55. The van der Waals surface area contributed by atoms with Crippen molar-refractivity contribution in [1.82, 2.24) is 9.36 Å². The Morgan fingerprint density at radius 3 is 2.53 bits per heavy atom. The summed E-state index contributed by atoms with van der Waals surface area (Å²) in [6.45, 7) is 0.0937. The lowest BCUT2D eigenvalue weighted by molar-refractivity contribution is -0.136. The number of carboxylic acids is 1. The van der Waals surface area contributed by atoms with Crippen molar-refractivity contribution in [3.8, 4) is 17.2 Å². The molecule has 3 N–H and O–H groups in total. The molecule has 0 bridgehead atoms. The molecule has 0 aliphatic rings. The zero-order chi connectivity index (χ0) is 21.8. The molecule has 0 fully saturated rings. The summed E-state index contributed by atoms with van der Waals surface area (Å²) in [5, 5.41) is 8.88. The third-order valence-electron chi connectivity index (χ3n) is 4.75. The number of carbonyl (C=O) groups is 1. The smallest absolute Gasteiger partial charge is 0.303 e. The number of nitrogens with zero attached hydrogens (tertiary/aromatic N) is 2. The molecule has 0 amide bonds. The minimum Gasteiger partial charge on any atom is -0.491 e. The van der Waals surface area contributed by atoms with Gasteiger partial charge in [0.1, 0.15) is 11.1 Å². The lowest BCUT2D eigenvalue weighted by atomic mass is 10.1. The maximum absolute atomic E-state index is 12.7. The third kappa shape index (κ3) is 4.20. The van der Waals surface area contributed by atoms with Crippen molar-refractivity contribution in [2.45, 2.75) is 19.4 Å². The molecule has 8 nitrogen and oxygen atoms in total. The van der Waals surface area contributed by atoms with Gasteiger partial charge in [0.15, 0.2) is 11.5 Å². The molecule has 0 unspecified atom stereocenters. The fourth-order valence-electron chi connectivity index (χ4n) is 3.18. The van der Waals surface area contributed by atoms with E-state index in [1.807, 2.05) is 30.3 Å². The molecule has 3 rings (SSSR count). The van der Waals surface area contributed by atoms with E-state index in [0.29, 0.717) is 32.9 Å². The second-order valence-corrected chi connectivity index (χ2v) is 7.38. The molecule has 0 saturated carbocycles. The van der Waals surface area contributed by atoms with Gasteiger partial charge < -0.3 is 20.3 Å². The Labute approximate surface area is 181 Å². The van der Waals surface area contributed by atoms with Crippen molar-refractivity contribution in [2.75, 3.05) is 12.8 Å². The number of nitrogens with two attached hydrogens (primary N) is 1. The molecule has 0 saturated heterocycles. The number of carboxylic acid groups (broad SMARTS) is 1. The van der Waals surface area contributed by atoms with Crippen molar-refractivity contribution >= 4 is 27.6 Å². The molecular formula is C21H22BrN3O5. The van der Waals surface area contributed by atoms with Crippen molar-refractivity contribution in [1.29, 1.82) is 0 Å². The van der Waals surface area contributed by atoms with Crippen molar-refractivity contribution in [3.63, 3.8) is 0 Å². The minimum atomic E-state index is -0.901. The van der Waals surface area contributed by atoms with E-state index in [4.69, 9.17) is 20.3 Å². The molecule has 158 valence electrons. The standard InChI is InChI=1S/C21H22BrN3O5/c1-24-15(18(22)21(28)25(24)14-6-4-3-5-7-14)12-30-16-10-8-13(9-11-17(26)27)19(23)20(16)29-2/h3-8,10H,9,11-12,23H2,1-2H3,(H,26,27). The Balaban J connectivity index is 1.88.